The Bertz CT molecular complexity index is 605. The number of carbonyl (C=O) groups is 1. The molecular formula is C12H6BrNO2S. The minimum absolute atomic E-state index is 0.0642. The van der Waals surface area contributed by atoms with Gasteiger partial charge in [0.2, 0.25) is 5.78 Å². The Morgan fingerprint density at radius 3 is 2.82 bits per heavy atom. The third kappa shape index (κ3) is 2.73. The largest absolute Gasteiger partial charge is 0.461 e. The molecule has 0 aromatic carbocycles. The molecule has 0 amide bonds. The first kappa shape index (κ1) is 11.8. The lowest BCUT2D eigenvalue weighted by atomic mass is 10.1. The van der Waals surface area contributed by atoms with Gasteiger partial charge in [-0.1, -0.05) is 0 Å². The number of allylic oxidation sites excluding steroid dienone is 1. The van der Waals surface area contributed by atoms with E-state index < -0.39 is 5.78 Å². The van der Waals surface area contributed by atoms with E-state index in [1.807, 2.05) is 18.2 Å². The normalized spacial score (nSPS) is 11.2. The summed E-state index contributed by atoms with van der Waals surface area (Å²) in [6.07, 6.45) is 2.96. The zero-order chi connectivity index (χ0) is 12.3. The fraction of sp³-hybridized carbons (Fsp3) is 0. The summed E-state index contributed by atoms with van der Waals surface area (Å²) in [5.41, 5.74) is 0.0642. The van der Waals surface area contributed by atoms with E-state index in [1.54, 1.807) is 12.1 Å². The van der Waals surface area contributed by atoms with E-state index >= 15 is 0 Å². The van der Waals surface area contributed by atoms with Crippen LogP contribution in [0.25, 0.3) is 6.08 Å². The number of halogens is 1. The first-order valence-electron chi connectivity index (χ1n) is 4.66. The molecule has 0 radical (unpaired) electrons. The first-order chi connectivity index (χ1) is 8.20. The number of nitriles is 1. The van der Waals surface area contributed by atoms with Crippen molar-refractivity contribution in [1.82, 2.24) is 0 Å². The molecule has 0 saturated carbocycles. The molecule has 2 aromatic rings. The van der Waals surface area contributed by atoms with Crippen molar-refractivity contribution < 1.29 is 9.21 Å². The molecule has 0 aliphatic rings. The number of hydrogen-bond acceptors (Lipinski definition) is 4. The maximum atomic E-state index is 11.9. The molecule has 0 saturated heterocycles. The van der Waals surface area contributed by atoms with E-state index in [0.29, 0.717) is 0 Å². The number of carbonyl (C=O) groups excluding carboxylic acids is 1. The maximum absolute atomic E-state index is 11.9. The molecule has 0 atom stereocenters. The Labute approximate surface area is 110 Å². The molecule has 2 rings (SSSR count). The summed E-state index contributed by atoms with van der Waals surface area (Å²) < 4.78 is 5.92. The summed E-state index contributed by atoms with van der Waals surface area (Å²) in [4.78, 5) is 12.7. The lowest BCUT2D eigenvalue weighted by molar-refractivity contribution is 0.101. The number of Topliss-reactive ketones (excluding diaryl/α,β-unsaturated/α-hetero) is 1. The molecule has 0 fully saturated rings. The number of furan rings is 1. The smallest absolute Gasteiger partial charge is 0.238 e. The quantitative estimate of drug-likeness (QED) is 0.491. The van der Waals surface area contributed by atoms with Gasteiger partial charge >= 0.3 is 0 Å². The van der Waals surface area contributed by atoms with Crippen LogP contribution in [0.15, 0.2) is 44.3 Å². The van der Waals surface area contributed by atoms with E-state index in [9.17, 15) is 4.79 Å². The van der Waals surface area contributed by atoms with Gasteiger partial charge in [0.25, 0.3) is 0 Å². The van der Waals surface area contributed by atoms with Crippen LogP contribution in [0.5, 0.6) is 0 Å². The second-order valence-corrected chi connectivity index (χ2v) is 5.61. The van der Waals surface area contributed by atoms with Crippen LogP contribution in [0.3, 0.4) is 0 Å². The summed E-state index contributed by atoms with van der Waals surface area (Å²) >= 11 is 4.78. The molecule has 0 spiro atoms. The molecule has 5 heteroatoms. The van der Waals surface area contributed by atoms with Crippen molar-refractivity contribution in [1.29, 1.82) is 5.26 Å². The monoisotopic (exact) mass is 307 g/mol. The van der Waals surface area contributed by atoms with E-state index in [1.165, 1.54) is 23.7 Å². The summed E-state index contributed by atoms with van der Waals surface area (Å²) in [6.45, 7) is 0. The van der Waals surface area contributed by atoms with Gasteiger partial charge in [0, 0.05) is 4.88 Å². The van der Waals surface area contributed by atoms with Gasteiger partial charge in [-0.3, -0.25) is 4.79 Å². The van der Waals surface area contributed by atoms with Crippen molar-refractivity contribution in [3.63, 3.8) is 0 Å². The minimum atomic E-state index is -0.401. The lowest BCUT2D eigenvalue weighted by Crippen LogP contribution is -1.99. The molecule has 0 aliphatic carbocycles. The van der Waals surface area contributed by atoms with Gasteiger partial charge in [0.1, 0.15) is 11.6 Å². The van der Waals surface area contributed by atoms with Crippen molar-refractivity contribution in [3.8, 4) is 6.07 Å². The second kappa shape index (κ2) is 5.13. The van der Waals surface area contributed by atoms with Crippen molar-refractivity contribution in [3.05, 3.63) is 50.5 Å². The lowest BCUT2D eigenvalue weighted by Gasteiger charge is -1.93. The fourth-order valence-electron chi connectivity index (χ4n) is 1.24. The molecule has 0 unspecified atom stereocenters. The van der Waals surface area contributed by atoms with Gasteiger partial charge in [-0.25, -0.2) is 0 Å². The number of thiophene rings is 1. The van der Waals surface area contributed by atoms with Crippen LogP contribution in [-0.2, 0) is 0 Å². The van der Waals surface area contributed by atoms with Crippen LogP contribution >= 0.6 is 27.3 Å². The van der Waals surface area contributed by atoms with Crippen molar-refractivity contribution in [2.75, 3.05) is 0 Å². The van der Waals surface area contributed by atoms with Crippen LogP contribution in [0.1, 0.15) is 15.4 Å². The second-order valence-electron chi connectivity index (χ2n) is 3.12. The van der Waals surface area contributed by atoms with Gasteiger partial charge in [-0.2, -0.15) is 5.26 Å². The van der Waals surface area contributed by atoms with Gasteiger partial charge < -0.3 is 4.42 Å². The predicted octanol–water partition coefficient (Wildman–Crippen LogP) is 3.89. The van der Waals surface area contributed by atoms with E-state index in [4.69, 9.17) is 9.68 Å². The van der Waals surface area contributed by atoms with Crippen LogP contribution in [0.4, 0.5) is 0 Å². The third-order valence-electron chi connectivity index (χ3n) is 1.99. The zero-order valence-corrected chi connectivity index (χ0v) is 10.9. The van der Waals surface area contributed by atoms with Gasteiger partial charge in [0.15, 0.2) is 5.76 Å². The summed E-state index contributed by atoms with van der Waals surface area (Å²) in [5.74, 6) is -0.226. The zero-order valence-electron chi connectivity index (χ0n) is 8.51. The molecule has 17 heavy (non-hydrogen) atoms. The van der Waals surface area contributed by atoms with Crippen molar-refractivity contribution >= 4 is 39.1 Å². The van der Waals surface area contributed by atoms with Crippen molar-refractivity contribution in [2.45, 2.75) is 0 Å². The van der Waals surface area contributed by atoms with Crippen LogP contribution in [0, 0.1) is 11.3 Å². The van der Waals surface area contributed by atoms with Crippen LogP contribution in [0.2, 0.25) is 0 Å². The Morgan fingerprint density at radius 2 is 2.29 bits per heavy atom. The first-order valence-corrected chi connectivity index (χ1v) is 6.27. The fourth-order valence-corrected chi connectivity index (χ4v) is 2.60. The Kier molecular flexibility index (Phi) is 3.57. The SMILES string of the molecule is N#C/C(=C\c1ccc(Br)s1)C(=O)c1ccco1. The summed E-state index contributed by atoms with van der Waals surface area (Å²) in [7, 11) is 0. The molecule has 0 aliphatic heterocycles. The van der Waals surface area contributed by atoms with Gasteiger partial charge in [-0.15, -0.1) is 11.3 Å². The minimum Gasteiger partial charge on any atom is -0.461 e. The number of ketones is 1. The highest BCUT2D eigenvalue weighted by Gasteiger charge is 2.14. The van der Waals surface area contributed by atoms with Crippen LogP contribution < -0.4 is 0 Å². The predicted molar refractivity (Wildman–Crippen MR) is 68.6 cm³/mol. The van der Waals surface area contributed by atoms with Gasteiger partial charge in [-0.05, 0) is 46.3 Å². The summed E-state index contributed by atoms with van der Waals surface area (Å²) in [6, 6.07) is 8.74. The van der Waals surface area contributed by atoms with Gasteiger partial charge in [0.05, 0.1) is 10.0 Å². The highest BCUT2D eigenvalue weighted by atomic mass is 79.9. The topological polar surface area (TPSA) is 54.0 Å². The highest BCUT2D eigenvalue weighted by molar-refractivity contribution is 9.11. The number of nitrogens with zero attached hydrogens (tertiary/aromatic N) is 1. The average Bonchev–Trinajstić information content (AvgIpc) is 2.96. The Morgan fingerprint density at radius 1 is 1.47 bits per heavy atom. The standard InChI is InChI=1S/C12H6BrNO2S/c13-11-4-3-9(17-11)6-8(7-14)12(15)10-2-1-5-16-10/h1-6H/b8-6+. The number of rotatable bonds is 3. The van der Waals surface area contributed by atoms with Crippen LogP contribution in [-0.4, -0.2) is 5.78 Å². The highest BCUT2D eigenvalue weighted by Crippen LogP contribution is 2.24. The number of hydrogen-bond donors (Lipinski definition) is 0. The molecule has 2 aromatic heterocycles. The molecule has 0 bridgehead atoms. The molecule has 3 nitrogen and oxygen atoms in total. The summed E-state index contributed by atoms with van der Waals surface area (Å²) in [5, 5.41) is 8.98. The Balaban J connectivity index is 2.32. The molecular weight excluding hydrogens is 302 g/mol. The van der Waals surface area contributed by atoms with Crippen molar-refractivity contribution in [2.24, 2.45) is 0 Å². The third-order valence-corrected chi connectivity index (χ3v) is 3.56. The van der Waals surface area contributed by atoms with E-state index in [2.05, 4.69) is 15.9 Å². The Hall–Kier alpha value is -1.64. The molecule has 0 N–H and O–H groups in total. The van der Waals surface area contributed by atoms with E-state index in [0.717, 1.165) is 8.66 Å². The average molecular weight is 308 g/mol. The molecule has 2 heterocycles. The molecule has 84 valence electrons. The van der Waals surface area contributed by atoms with E-state index in [-0.39, 0.29) is 11.3 Å². The maximum Gasteiger partial charge on any atom is 0.238 e.